The van der Waals surface area contributed by atoms with Gasteiger partial charge >= 0.3 is 0 Å². The highest BCUT2D eigenvalue weighted by molar-refractivity contribution is 6.43. The number of halogens is 1. The van der Waals surface area contributed by atoms with Gasteiger partial charge in [0.1, 0.15) is 5.82 Å². The number of aliphatic hydroxyl groups excluding tert-OH is 1. The van der Waals surface area contributed by atoms with Gasteiger partial charge in [-0.25, -0.2) is 4.39 Å². The van der Waals surface area contributed by atoms with E-state index in [9.17, 15) is 23.9 Å². The third-order valence-corrected chi connectivity index (χ3v) is 5.53. The van der Waals surface area contributed by atoms with Crippen molar-refractivity contribution in [1.82, 2.24) is 9.88 Å². The summed E-state index contributed by atoms with van der Waals surface area (Å²) in [7, 11) is 1.61. The van der Waals surface area contributed by atoms with Crippen molar-refractivity contribution in [3.63, 3.8) is 0 Å². The molecule has 29 heavy (non-hydrogen) atoms. The Morgan fingerprint density at radius 3 is 2.41 bits per heavy atom. The molecule has 1 heterocycles. The van der Waals surface area contributed by atoms with Crippen LogP contribution in [0.5, 0.6) is 0 Å². The van der Waals surface area contributed by atoms with E-state index in [0.717, 1.165) is 0 Å². The van der Waals surface area contributed by atoms with Gasteiger partial charge in [0.2, 0.25) is 0 Å². The minimum Gasteiger partial charge on any atom is -0.394 e. The number of aliphatic hydroxyl groups is 1. The monoisotopic (exact) mass is 401 g/mol. The number of aromatic nitrogens is 1. The van der Waals surface area contributed by atoms with Gasteiger partial charge in [-0.05, 0) is 62.9 Å². The lowest BCUT2D eigenvalue weighted by Crippen LogP contribution is -2.43. The highest BCUT2D eigenvalue weighted by atomic mass is 19.1. The standard InChI is InChI=1S/C21H24FN3O4/c1-11-9-14(5-6-15(11)22)23-19(28)16-12(2)17(25(4)13(16)3)18(27)20(29)24-21(10-26)7-8-21/h5-6,9,26H,7-8,10H2,1-4H3,(H,23,28)(H,24,29). The number of anilines is 1. The molecular formula is C21H24FN3O4. The van der Waals surface area contributed by atoms with Crippen molar-refractivity contribution in [3.05, 3.63) is 52.1 Å². The Morgan fingerprint density at radius 1 is 1.21 bits per heavy atom. The number of hydrogen-bond donors (Lipinski definition) is 3. The number of nitrogens with one attached hydrogen (secondary N) is 2. The molecule has 1 aliphatic carbocycles. The molecule has 0 aliphatic heterocycles. The summed E-state index contributed by atoms with van der Waals surface area (Å²) in [6.07, 6.45) is 1.25. The number of nitrogens with zero attached hydrogens (tertiary/aromatic N) is 1. The quantitative estimate of drug-likeness (QED) is 0.510. The Kier molecular flexibility index (Phi) is 5.32. The average Bonchev–Trinajstić information content (AvgIpc) is 3.40. The average molecular weight is 401 g/mol. The summed E-state index contributed by atoms with van der Waals surface area (Å²) < 4.78 is 15.0. The Morgan fingerprint density at radius 2 is 1.86 bits per heavy atom. The summed E-state index contributed by atoms with van der Waals surface area (Å²) in [5.41, 5.74) is 1.44. The Balaban J connectivity index is 1.87. The SMILES string of the molecule is Cc1cc(NC(=O)c2c(C)c(C(=O)C(=O)NC3(CO)CC3)n(C)c2C)ccc1F. The molecular weight excluding hydrogens is 377 g/mol. The van der Waals surface area contributed by atoms with Crippen molar-refractivity contribution in [2.24, 2.45) is 7.05 Å². The summed E-state index contributed by atoms with van der Waals surface area (Å²) in [4.78, 5) is 38.0. The first-order valence-corrected chi connectivity index (χ1v) is 9.31. The molecule has 3 N–H and O–H groups in total. The molecule has 0 unspecified atom stereocenters. The number of ketones is 1. The maximum atomic E-state index is 13.4. The van der Waals surface area contributed by atoms with E-state index in [1.54, 1.807) is 27.8 Å². The highest BCUT2D eigenvalue weighted by Crippen LogP contribution is 2.34. The molecule has 2 amide bonds. The summed E-state index contributed by atoms with van der Waals surface area (Å²) in [6.45, 7) is 4.67. The minimum atomic E-state index is -0.804. The van der Waals surface area contributed by atoms with Gasteiger partial charge in [0.25, 0.3) is 17.6 Å². The third-order valence-electron chi connectivity index (χ3n) is 5.53. The smallest absolute Gasteiger partial charge is 0.294 e. The van der Waals surface area contributed by atoms with Crippen LogP contribution in [0.2, 0.25) is 0 Å². The van der Waals surface area contributed by atoms with Crippen LogP contribution in [0.1, 0.15) is 50.5 Å². The predicted octanol–water partition coefficient (Wildman–Crippen LogP) is 2.17. The van der Waals surface area contributed by atoms with Crippen molar-refractivity contribution in [2.45, 2.75) is 39.2 Å². The van der Waals surface area contributed by atoms with Crippen molar-refractivity contribution in [2.75, 3.05) is 11.9 Å². The lowest BCUT2D eigenvalue weighted by atomic mass is 10.1. The van der Waals surface area contributed by atoms with Gasteiger partial charge in [0.05, 0.1) is 23.4 Å². The molecule has 2 aromatic rings. The van der Waals surface area contributed by atoms with Crippen LogP contribution in [0.3, 0.4) is 0 Å². The molecule has 0 atom stereocenters. The fourth-order valence-electron chi connectivity index (χ4n) is 3.43. The zero-order valence-electron chi connectivity index (χ0n) is 16.9. The number of Topliss-reactive ketones (excluding diaryl/α,β-unsaturated/α-hetero) is 1. The fraction of sp³-hybridized carbons (Fsp3) is 0.381. The molecule has 1 aliphatic rings. The molecule has 154 valence electrons. The molecule has 0 bridgehead atoms. The molecule has 1 aromatic carbocycles. The highest BCUT2D eigenvalue weighted by Gasteiger charge is 2.45. The van der Waals surface area contributed by atoms with Crippen LogP contribution >= 0.6 is 0 Å². The Hall–Kier alpha value is -3.00. The molecule has 1 aromatic heterocycles. The number of carbonyl (C=O) groups excluding carboxylic acids is 3. The molecule has 0 spiro atoms. The lowest BCUT2D eigenvalue weighted by molar-refractivity contribution is -0.118. The van der Waals surface area contributed by atoms with Crippen LogP contribution in [0.15, 0.2) is 18.2 Å². The van der Waals surface area contributed by atoms with Crippen LogP contribution in [-0.4, -0.2) is 39.4 Å². The molecule has 1 fully saturated rings. The maximum absolute atomic E-state index is 13.4. The number of carbonyl (C=O) groups is 3. The van der Waals surface area contributed by atoms with E-state index >= 15 is 0 Å². The molecule has 3 rings (SSSR count). The zero-order chi connectivity index (χ0) is 21.5. The van der Waals surface area contributed by atoms with Gasteiger partial charge in [-0.2, -0.15) is 0 Å². The first-order valence-electron chi connectivity index (χ1n) is 9.31. The number of hydrogen-bond acceptors (Lipinski definition) is 4. The van der Waals surface area contributed by atoms with E-state index in [1.807, 2.05) is 0 Å². The van der Waals surface area contributed by atoms with Gasteiger partial charge < -0.3 is 20.3 Å². The van der Waals surface area contributed by atoms with Gasteiger partial charge in [0.15, 0.2) is 0 Å². The third kappa shape index (κ3) is 3.80. The first kappa shape index (κ1) is 20.7. The second-order valence-corrected chi connectivity index (χ2v) is 7.63. The fourth-order valence-corrected chi connectivity index (χ4v) is 3.43. The summed E-state index contributed by atoms with van der Waals surface area (Å²) >= 11 is 0. The molecule has 0 radical (unpaired) electrons. The van der Waals surface area contributed by atoms with E-state index in [2.05, 4.69) is 10.6 Å². The largest absolute Gasteiger partial charge is 0.394 e. The van der Waals surface area contributed by atoms with E-state index in [1.165, 1.54) is 22.8 Å². The topological polar surface area (TPSA) is 100 Å². The van der Waals surface area contributed by atoms with Crippen LogP contribution < -0.4 is 10.6 Å². The summed E-state index contributed by atoms with van der Waals surface area (Å²) in [6, 6.07) is 4.24. The predicted molar refractivity (Wildman–Crippen MR) is 106 cm³/mol. The second kappa shape index (κ2) is 7.44. The van der Waals surface area contributed by atoms with Crippen molar-refractivity contribution < 1.29 is 23.9 Å². The van der Waals surface area contributed by atoms with Crippen molar-refractivity contribution in [3.8, 4) is 0 Å². The summed E-state index contributed by atoms with van der Waals surface area (Å²) in [5, 5.41) is 14.7. The van der Waals surface area contributed by atoms with Crippen LogP contribution in [0.25, 0.3) is 0 Å². The second-order valence-electron chi connectivity index (χ2n) is 7.63. The molecule has 0 saturated heterocycles. The Bertz CT molecular complexity index is 1020. The van der Waals surface area contributed by atoms with Crippen molar-refractivity contribution in [1.29, 1.82) is 0 Å². The number of rotatable bonds is 6. The normalized spacial score (nSPS) is 14.4. The van der Waals surface area contributed by atoms with E-state index < -0.39 is 23.1 Å². The van der Waals surface area contributed by atoms with Gasteiger partial charge in [-0.3, -0.25) is 14.4 Å². The van der Waals surface area contributed by atoms with Gasteiger partial charge in [-0.15, -0.1) is 0 Å². The maximum Gasteiger partial charge on any atom is 0.294 e. The van der Waals surface area contributed by atoms with Gasteiger partial charge in [-0.1, -0.05) is 0 Å². The zero-order valence-corrected chi connectivity index (χ0v) is 16.9. The molecule has 7 nitrogen and oxygen atoms in total. The Labute approximate surface area is 167 Å². The summed E-state index contributed by atoms with van der Waals surface area (Å²) in [5.74, 6) is -2.38. The number of amides is 2. The van der Waals surface area contributed by atoms with Crippen LogP contribution in [-0.2, 0) is 11.8 Å². The minimum absolute atomic E-state index is 0.120. The van der Waals surface area contributed by atoms with E-state index in [4.69, 9.17) is 0 Å². The van der Waals surface area contributed by atoms with Crippen LogP contribution in [0.4, 0.5) is 10.1 Å². The van der Waals surface area contributed by atoms with Crippen LogP contribution in [0, 0.1) is 26.6 Å². The van der Waals surface area contributed by atoms with Crippen molar-refractivity contribution >= 4 is 23.3 Å². The number of aryl methyl sites for hydroxylation is 1. The molecule has 1 saturated carbocycles. The van der Waals surface area contributed by atoms with Gasteiger partial charge in [0, 0.05) is 18.4 Å². The number of benzene rings is 1. The first-order chi connectivity index (χ1) is 13.6. The van der Waals surface area contributed by atoms with E-state index in [-0.39, 0.29) is 23.7 Å². The lowest BCUT2D eigenvalue weighted by Gasteiger charge is -2.14. The van der Waals surface area contributed by atoms with E-state index in [0.29, 0.717) is 35.3 Å². The molecule has 8 heteroatoms.